The maximum Gasteiger partial charge on any atom is 0.346 e. The number of aromatic nitrogens is 4. The van der Waals surface area contributed by atoms with Crippen LogP contribution in [0.15, 0.2) is 41.6 Å². The van der Waals surface area contributed by atoms with Crippen LogP contribution < -0.4 is 0 Å². The normalized spacial score (nSPS) is 17.9. The number of thiocarbonyl (C=S) groups is 1. The number of hydrogen-bond acceptors (Lipinski definition) is 7. The van der Waals surface area contributed by atoms with Gasteiger partial charge in [-0.2, -0.15) is 0 Å². The van der Waals surface area contributed by atoms with E-state index in [1.54, 1.807) is 6.92 Å². The second-order valence-electron chi connectivity index (χ2n) is 4.45. The molecule has 2 heterocycles. The Morgan fingerprint density at radius 2 is 2.18 bits per heavy atom. The van der Waals surface area contributed by atoms with Crippen LogP contribution in [0.3, 0.4) is 0 Å². The smallest absolute Gasteiger partial charge is 0.346 e. The molecule has 1 aliphatic heterocycles. The van der Waals surface area contributed by atoms with Gasteiger partial charge in [0.25, 0.3) is 0 Å². The Labute approximate surface area is 136 Å². The third-order valence-corrected chi connectivity index (χ3v) is 4.64. The summed E-state index contributed by atoms with van der Waals surface area (Å²) in [5.74, 6) is -0.636. The van der Waals surface area contributed by atoms with Gasteiger partial charge in [0, 0.05) is 0 Å². The van der Waals surface area contributed by atoms with Crippen molar-refractivity contribution >= 4 is 39.8 Å². The minimum atomic E-state index is -0.404. The van der Waals surface area contributed by atoms with Gasteiger partial charge in [-0.25, -0.2) is 9.48 Å². The van der Waals surface area contributed by atoms with Crippen LogP contribution in [0.5, 0.6) is 0 Å². The van der Waals surface area contributed by atoms with Gasteiger partial charge < -0.3 is 4.74 Å². The molecule has 0 N–H and O–H groups in total. The number of ether oxygens (including phenoxy) is 1. The summed E-state index contributed by atoms with van der Waals surface area (Å²) in [4.78, 5) is 12.7. The van der Waals surface area contributed by atoms with Crippen LogP contribution >= 0.6 is 24.0 Å². The molecule has 0 amide bonds. The lowest BCUT2D eigenvalue weighted by atomic mass is 9.97. The van der Waals surface area contributed by atoms with Crippen molar-refractivity contribution in [2.24, 2.45) is 0 Å². The van der Waals surface area contributed by atoms with Crippen LogP contribution in [0.25, 0.3) is 5.70 Å². The topological polar surface area (TPSA) is 69.9 Å². The first-order valence-electron chi connectivity index (χ1n) is 6.63. The molecule has 2 aromatic rings. The minimum Gasteiger partial charge on any atom is -0.462 e. The van der Waals surface area contributed by atoms with Crippen molar-refractivity contribution in [3.63, 3.8) is 0 Å². The quantitative estimate of drug-likeness (QED) is 0.628. The van der Waals surface area contributed by atoms with Crippen LogP contribution in [-0.4, -0.2) is 37.0 Å². The van der Waals surface area contributed by atoms with Crippen LogP contribution in [0, 0.1) is 0 Å². The highest BCUT2D eigenvalue weighted by Crippen LogP contribution is 2.46. The van der Waals surface area contributed by atoms with E-state index < -0.39 is 5.97 Å². The number of nitrogens with zero attached hydrogens (tertiary/aromatic N) is 4. The van der Waals surface area contributed by atoms with Crippen molar-refractivity contribution in [2.75, 3.05) is 6.61 Å². The third kappa shape index (κ3) is 2.67. The summed E-state index contributed by atoms with van der Waals surface area (Å²) in [6.07, 6.45) is 1.46. The number of benzene rings is 1. The molecule has 1 aromatic heterocycles. The molecule has 1 unspecified atom stereocenters. The average molecular weight is 332 g/mol. The molecule has 0 saturated carbocycles. The molecule has 22 heavy (non-hydrogen) atoms. The lowest BCUT2D eigenvalue weighted by Gasteiger charge is -2.14. The molecule has 0 saturated heterocycles. The molecular formula is C14H12N4O2S2. The van der Waals surface area contributed by atoms with E-state index in [0.29, 0.717) is 21.4 Å². The predicted molar refractivity (Wildman–Crippen MR) is 87.0 cm³/mol. The van der Waals surface area contributed by atoms with Crippen LogP contribution in [0.4, 0.5) is 0 Å². The molecule has 0 fully saturated rings. The van der Waals surface area contributed by atoms with Gasteiger partial charge in [-0.15, -0.1) is 5.10 Å². The Morgan fingerprint density at radius 3 is 2.82 bits per heavy atom. The first kappa shape index (κ1) is 14.9. The van der Waals surface area contributed by atoms with E-state index in [2.05, 4.69) is 15.5 Å². The highest BCUT2D eigenvalue weighted by molar-refractivity contribution is 8.26. The van der Waals surface area contributed by atoms with E-state index in [1.165, 1.54) is 22.8 Å². The molecular weight excluding hydrogens is 320 g/mol. The summed E-state index contributed by atoms with van der Waals surface area (Å²) in [5.41, 5.74) is 1.63. The van der Waals surface area contributed by atoms with Crippen molar-refractivity contribution in [2.45, 2.75) is 12.8 Å². The van der Waals surface area contributed by atoms with Crippen LogP contribution in [0.2, 0.25) is 0 Å². The van der Waals surface area contributed by atoms with Gasteiger partial charge in [0.1, 0.15) is 11.2 Å². The summed E-state index contributed by atoms with van der Waals surface area (Å²) in [5, 5.41) is 11.2. The fourth-order valence-corrected chi connectivity index (χ4v) is 3.77. The molecule has 1 aliphatic rings. The van der Waals surface area contributed by atoms with Crippen LogP contribution in [0.1, 0.15) is 18.4 Å². The van der Waals surface area contributed by atoms with E-state index in [-0.39, 0.29) is 5.92 Å². The summed E-state index contributed by atoms with van der Waals surface area (Å²) >= 11 is 6.73. The number of allylic oxidation sites excluding steroid dienone is 1. The highest BCUT2D eigenvalue weighted by atomic mass is 32.2. The van der Waals surface area contributed by atoms with Crippen molar-refractivity contribution in [1.82, 2.24) is 20.2 Å². The fourth-order valence-electron chi connectivity index (χ4n) is 2.24. The summed E-state index contributed by atoms with van der Waals surface area (Å²) in [6, 6.07) is 9.73. The molecule has 1 aromatic carbocycles. The average Bonchev–Trinajstić information content (AvgIpc) is 3.15. The molecule has 3 rings (SSSR count). The standard InChI is InChI=1S/C14H12N4O2S2/c1-2-20-13(19)12-11(18-8-15-16-17-18)10(14(21)22-12)9-6-4-3-5-7-9/h3-8,10H,2H2,1H3. The molecule has 0 aliphatic carbocycles. The maximum absolute atomic E-state index is 12.2. The zero-order chi connectivity index (χ0) is 15.5. The largest absolute Gasteiger partial charge is 0.462 e. The Hall–Kier alpha value is -2.06. The number of carbonyl (C=O) groups excluding carboxylic acids is 1. The Bertz CT molecular complexity index is 729. The Morgan fingerprint density at radius 1 is 1.41 bits per heavy atom. The predicted octanol–water partition coefficient (Wildman–Crippen LogP) is 2.26. The summed E-state index contributed by atoms with van der Waals surface area (Å²) in [6.45, 7) is 2.07. The van der Waals surface area contributed by atoms with Crippen molar-refractivity contribution < 1.29 is 9.53 Å². The van der Waals surface area contributed by atoms with Gasteiger partial charge >= 0.3 is 5.97 Å². The van der Waals surface area contributed by atoms with Crippen molar-refractivity contribution in [3.8, 4) is 0 Å². The van der Waals surface area contributed by atoms with E-state index in [0.717, 1.165) is 5.56 Å². The first-order valence-corrected chi connectivity index (χ1v) is 7.86. The molecule has 0 radical (unpaired) electrons. The number of tetrazole rings is 1. The lowest BCUT2D eigenvalue weighted by molar-refractivity contribution is -0.137. The summed E-state index contributed by atoms with van der Waals surface area (Å²) in [7, 11) is 0. The number of rotatable bonds is 4. The van der Waals surface area contributed by atoms with Gasteiger partial charge in [0.05, 0.1) is 22.4 Å². The molecule has 8 heteroatoms. The van der Waals surface area contributed by atoms with Crippen molar-refractivity contribution in [1.29, 1.82) is 0 Å². The van der Waals surface area contributed by atoms with Gasteiger partial charge in [0.15, 0.2) is 0 Å². The second-order valence-corrected chi connectivity index (χ2v) is 6.20. The van der Waals surface area contributed by atoms with Gasteiger partial charge in [-0.05, 0) is 22.9 Å². The van der Waals surface area contributed by atoms with E-state index in [4.69, 9.17) is 17.0 Å². The lowest BCUT2D eigenvalue weighted by Crippen LogP contribution is -2.13. The highest BCUT2D eigenvalue weighted by Gasteiger charge is 2.38. The maximum atomic E-state index is 12.2. The molecule has 6 nitrogen and oxygen atoms in total. The number of thioether (sulfide) groups is 1. The number of carbonyl (C=O) groups is 1. The third-order valence-electron chi connectivity index (χ3n) is 3.13. The SMILES string of the molecule is CCOC(=O)C1=C(n2cnnn2)C(c2ccccc2)C(=S)S1. The Kier molecular flexibility index (Phi) is 4.30. The second kappa shape index (κ2) is 6.37. The van der Waals surface area contributed by atoms with Gasteiger partial charge in [0.2, 0.25) is 0 Å². The molecule has 112 valence electrons. The van der Waals surface area contributed by atoms with E-state index >= 15 is 0 Å². The fraction of sp³-hybridized carbons (Fsp3) is 0.214. The Balaban J connectivity index is 2.12. The molecule has 1 atom stereocenters. The van der Waals surface area contributed by atoms with Gasteiger partial charge in [-0.3, -0.25) is 0 Å². The number of hydrogen-bond donors (Lipinski definition) is 0. The zero-order valence-corrected chi connectivity index (χ0v) is 13.3. The monoisotopic (exact) mass is 332 g/mol. The van der Waals surface area contributed by atoms with Crippen LogP contribution in [-0.2, 0) is 9.53 Å². The van der Waals surface area contributed by atoms with Gasteiger partial charge in [-0.1, -0.05) is 54.3 Å². The van der Waals surface area contributed by atoms with E-state index in [9.17, 15) is 4.79 Å². The first-order chi connectivity index (χ1) is 10.7. The minimum absolute atomic E-state index is 0.232. The molecule has 0 bridgehead atoms. The molecule has 0 spiro atoms. The number of esters is 1. The van der Waals surface area contributed by atoms with Crippen molar-refractivity contribution in [3.05, 3.63) is 47.1 Å². The van der Waals surface area contributed by atoms with E-state index in [1.807, 2.05) is 30.3 Å². The zero-order valence-electron chi connectivity index (χ0n) is 11.7. The summed E-state index contributed by atoms with van der Waals surface area (Å²) < 4.78 is 7.29.